The van der Waals surface area contributed by atoms with Crippen LogP contribution in [0.25, 0.3) is 44.9 Å². The second-order valence-corrected chi connectivity index (χ2v) is 13.9. The minimum atomic E-state index is 0. The molecule has 0 unspecified atom stereocenters. The van der Waals surface area contributed by atoms with E-state index in [9.17, 15) is 0 Å². The molecule has 0 spiro atoms. The molecule has 5 heteroatoms. The third-order valence-corrected chi connectivity index (χ3v) is 9.65. The van der Waals surface area contributed by atoms with Crippen molar-refractivity contribution in [2.45, 2.75) is 12.8 Å². The van der Waals surface area contributed by atoms with Crippen molar-refractivity contribution >= 4 is 17.1 Å². The summed E-state index contributed by atoms with van der Waals surface area (Å²) in [6.07, 6.45) is 11.0. The number of hydrogen-bond donors (Lipinski definition) is 0. The number of pyridine rings is 3. The predicted octanol–water partition coefficient (Wildman–Crippen LogP) is 14.2. The third kappa shape index (κ3) is 12.4. The summed E-state index contributed by atoms with van der Waals surface area (Å²) in [5.41, 5.74) is 14.1. The van der Waals surface area contributed by atoms with Crippen molar-refractivity contribution in [1.82, 2.24) is 15.0 Å². The molecule has 0 aliphatic carbocycles. The fourth-order valence-corrected chi connectivity index (χ4v) is 6.61. The maximum absolute atomic E-state index is 4.47. The van der Waals surface area contributed by atoms with Crippen molar-refractivity contribution in [2.24, 2.45) is 0 Å². The second kappa shape index (κ2) is 23.5. The van der Waals surface area contributed by atoms with E-state index in [-0.39, 0.29) is 20.1 Å². The summed E-state index contributed by atoms with van der Waals surface area (Å²) in [5, 5.41) is 0. The summed E-state index contributed by atoms with van der Waals surface area (Å²) < 4.78 is 0. The molecular weight excluding hydrogens is 933 g/mol. The summed E-state index contributed by atoms with van der Waals surface area (Å²) in [5.74, 6) is 0. The number of hydrogen-bond acceptors (Lipinski definition) is 4. The van der Waals surface area contributed by atoms with Crippen LogP contribution in [0.5, 0.6) is 0 Å². The molecule has 0 aliphatic heterocycles. The molecule has 0 saturated heterocycles. The van der Waals surface area contributed by atoms with Gasteiger partial charge in [0.2, 0.25) is 0 Å². The van der Waals surface area contributed by atoms with E-state index >= 15 is 0 Å². The monoisotopic (exact) mass is 978 g/mol. The first kappa shape index (κ1) is 44.3. The van der Waals surface area contributed by atoms with Gasteiger partial charge in [-0.2, -0.15) is 0 Å². The number of rotatable bonds is 11. The number of benzene rings is 6. The van der Waals surface area contributed by atoms with E-state index < -0.39 is 0 Å². The maximum atomic E-state index is 4.47. The molecule has 0 amide bonds. The standard InChI is InChI=1S/C35H29N2.2C11H8N.Ir/c1-3-8-27-13-19-32(20-14-27)37(33-21-15-28(9-4-2)16-22-33)34-23-17-29(18-24-34)30-10-7-11-31(26-30)35-12-5-6-25-36-35;2*1-2-6-10(7-3-1)11-8-4-5-9-12-11;/h3-7,10,12-26H,1-2,8-9H2;2*1-6,8-9H;/q3*-1;+3. The van der Waals surface area contributed by atoms with Crippen molar-refractivity contribution in [3.05, 3.63) is 267 Å². The fourth-order valence-electron chi connectivity index (χ4n) is 6.61. The Kier molecular flexibility index (Phi) is 16.8. The minimum absolute atomic E-state index is 0. The molecule has 0 saturated carbocycles. The van der Waals surface area contributed by atoms with Crippen molar-refractivity contribution in [3.63, 3.8) is 0 Å². The van der Waals surface area contributed by atoms with Crippen LogP contribution in [0.3, 0.4) is 0 Å². The smallest absolute Gasteiger partial charge is 0.311 e. The van der Waals surface area contributed by atoms with Gasteiger partial charge in [-0.15, -0.1) is 120 Å². The number of aromatic nitrogens is 3. The molecule has 4 nitrogen and oxygen atoms in total. The van der Waals surface area contributed by atoms with Gasteiger partial charge in [-0.05, 0) is 101 Å². The van der Waals surface area contributed by atoms with Gasteiger partial charge in [0, 0.05) is 35.7 Å². The zero-order valence-electron chi connectivity index (χ0n) is 34.3. The summed E-state index contributed by atoms with van der Waals surface area (Å²) in [7, 11) is 0. The van der Waals surface area contributed by atoms with Crippen LogP contribution in [0.2, 0.25) is 0 Å². The Morgan fingerprint density at radius 1 is 0.403 bits per heavy atom. The Balaban J connectivity index is 0.000000207. The van der Waals surface area contributed by atoms with Crippen LogP contribution in [0.4, 0.5) is 17.1 Å². The van der Waals surface area contributed by atoms with E-state index in [1.54, 1.807) is 12.4 Å². The Hall–Kier alpha value is -7.30. The van der Waals surface area contributed by atoms with Crippen molar-refractivity contribution in [2.75, 3.05) is 4.90 Å². The quantitative estimate of drug-likeness (QED) is 0.0957. The van der Waals surface area contributed by atoms with Gasteiger partial charge in [0.05, 0.1) is 0 Å². The molecule has 0 aliphatic rings. The van der Waals surface area contributed by atoms with Crippen LogP contribution >= 0.6 is 0 Å². The topological polar surface area (TPSA) is 41.9 Å². The molecule has 0 N–H and O–H groups in total. The van der Waals surface area contributed by atoms with Crippen molar-refractivity contribution in [3.8, 4) is 44.9 Å². The van der Waals surface area contributed by atoms with Crippen LogP contribution in [-0.4, -0.2) is 15.0 Å². The maximum Gasteiger partial charge on any atom is 3.00 e. The van der Waals surface area contributed by atoms with Gasteiger partial charge >= 0.3 is 20.1 Å². The molecular formula is C57H45IrN4. The first-order valence-electron chi connectivity index (χ1n) is 20.2. The number of allylic oxidation sites excluding steroid dienone is 2. The van der Waals surface area contributed by atoms with Gasteiger partial charge in [0.15, 0.2) is 0 Å². The molecule has 3 aromatic heterocycles. The molecule has 9 aromatic rings. The first-order valence-corrected chi connectivity index (χ1v) is 20.2. The molecule has 0 fully saturated rings. The molecule has 6 aromatic carbocycles. The van der Waals surface area contributed by atoms with E-state index in [1.807, 2.05) is 128 Å². The van der Waals surface area contributed by atoms with E-state index in [0.29, 0.717) is 0 Å². The average Bonchev–Trinajstić information content (AvgIpc) is 3.35. The van der Waals surface area contributed by atoms with Gasteiger partial charge in [-0.1, -0.05) is 84.9 Å². The molecule has 9 rings (SSSR count). The molecule has 62 heavy (non-hydrogen) atoms. The predicted molar refractivity (Wildman–Crippen MR) is 253 cm³/mol. The summed E-state index contributed by atoms with van der Waals surface area (Å²) in [6.45, 7) is 7.73. The van der Waals surface area contributed by atoms with Crippen LogP contribution in [-0.2, 0) is 32.9 Å². The molecule has 302 valence electrons. The van der Waals surface area contributed by atoms with Gasteiger partial charge in [0.1, 0.15) is 0 Å². The number of nitrogens with zero attached hydrogens (tertiary/aromatic N) is 4. The normalized spacial score (nSPS) is 10.1. The van der Waals surface area contributed by atoms with E-state index in [0.717, 1.165) is 74.8 Å². The Labute approximate surface area is 380 Å². The fraction of sp³-hybridized carbons (Fsp3) is 0.0351. The van der Waals surface area contributed by atoms with Gasteiger partial charge in [-0.25, -0.2) is 0 Å². The second-order valence-electron chi connectivity index (χ2n) is 13.9. The molecule has 0 atom stereocenters. The van der Waals surface area contributed by atoms with Crippen molar-refractivity contribution in [1.29, 1.82) is 0 Å². The first-order chi connectivity index (χ1) is 30.2. The summed E-state index contributed by atoms with van der Waals surface area (Å²) in [4.78, 5) is 15.2. The Bertz CT molecular complexity index is 2470. The largest absolute Gasteiger partial charge is 3.00 e. The van der Waals surface area contributed by atoms with E-state index in [4.69, 9.17) is 0 Å². The van der Waals surface area contributed by atoms with Gasteiger partial charge in [-0.3, -0.25) is 0 Å². The van der Waals surface area contributed by atoms with Crippen LogP contribution in [0, 0.1) is 18.2 Å². The van der Waals surface area contributed by atoms with Gasteiger partial charge in [0.25, 0.3) is 0 Å². The van der Waals surface area contributed by atoms with Crippen LogP contribution in [0.15, 0.2) is 238 Å². The average molecular weight is 978 g/mol. The van der Waals surface area contributed by atoms with E-state index in [1.165, 1.54) is 11.1 Å². The van der Waals surface area contributed by atoms with Gasteiger partial charge < -0.3 is 19.9 Å². The molecule has 0 radical (unpaired) electrons. The van der Waals surface area contributed by atoms with E-state index in [2.05, 4.69) is 136 Å². The zero-order chi connectivity index (χ0) is 41.9. The van der Waals surface area contributed by atoms with Crippen LogP contribution in [0.1, 0.15) is 11.1 Å². The third-order valence-electron chi connectivity index (χ3n) is 9.65. The SMILES string of the molecule is C=CCc1ccc(N(c2ccc(CC=C)cc2)c2ccc(-c3cc[c-]c(-c4ccccn4)c3)cc2)cc1.[Ir+3].[c-]1ccccc1-c1ccccn1.[c-]1ccccc1-c1ccccn1. The van der Waals surface area contributed by atoms with Crippen LogP contribution < -0.4 is 4.90 Å². The Morgan fingerprint density at radius 3 is 1.19 bits per heavy atom. The summed E-state index contributed by atoms with van der Waals surface area (Å²) >= 11 is 0. The summed E-state index contributed by atoms with van der Waals surface area (Å²) in [6, 6.07) is 75.2. The number of anilines is 3. The Morgan fingerprint density at radius 2 is 0.806 bits per heavy atom. The van der Waals surface area contributed by atoms with Crippen molar-refractivity contribution < 1.29 is 20.1 Å². The zero-order valence-corrected chi connectivity index (χ0v) is 36.7. The minimum Gasteiger partial charge on any atom is -0.311 e. The molecule has 3 heterocycles. The molecule has 0 bridgehead atoms.